The highest BCUT2D eigenvalue weighted by Gasteiger charge is 2.31. The highest BCUT2D eigenvalue weighted by Crippen LogP contribution is 2.29. The summed E-state index contributed by atoms with van der Waals surface area (Å²) >= 11 is 12.0. The number of rotatable bonds is 8. The number of morpholine rings is 1. The summed E-state index contributed by atoms with van der Waals surface area (Å²) in [5.74, 6) is 1.26. The van der Waals surface area contributed by atoms with Gasteiger partial charge in [-0.25, -0.2) is 0 Å². The summed E-state index contributed by atoms with van der Waals surface area (Å²) in [4.78, 5) is 16.4. The maximum Gasteiger partial charge on any atom is 0.260 e. The summed E-state index contributed by atoms with van der Waals surface area (Å²) in [5.41, 5.74) is 0.278. The summed E-state index contributed by atoms with van der Waals surface area (Å²) in [7, 11) is 0. The van der Waals surface area contributed by atoms with Gasteiger partial charge in [-0.2, -0.15) is 0 Å². The Kier molecular flexibility index (Phi) is 9.14. The number of halogens is 2. The Labute approximate surface area is 216 Å². The van der Waals surface area contributed by atoms with Gasteiger partial charge in [-0.05, 0) is 55.6 Å². The fourth-order valence-electron chi connectivity index (χ4n) is 4.32. The lowest BCUT2D eigenvalue weighted by atomic mass is 9.96. The fraction of sp³-hybridized carbons (Fsp3) is 0.500. The maximum atomic E-state index is 12.2. The van der Waals surface area contributed by atoms with Crippen LogP contribution in [0.4, 0.5) is 0 Å². The Hall–Kier alpha value is -2.03. The lowest BCUT2D eigenvalue weighted by molar-refractivity contribution is -0.137. The van der Waals surface area contributed by atoms with Crippen molar-refractivity contribution in [2.24, 2.45) is 0 Å². The van der Waals surface area contributed by atoms with Crippen LogP contribution in [-0.4, -0.2) is 79.0 Å². The van der Waals surface area contributed by atoms with E-state index < -0.39 is 5.60 Å². The van der Waals surface area contributed by atoms with E-state index in [1.807, 2.05) is 24.3 Å². The standard InChI is InChI=1S/C26H32Cl2N2O5/c27-23-7-6-22(16-24(23)28)35-19-26(32)8-1-10-29(11-9-26)17-20-2-4-21(5-3-20)34-18-25(31)30-12-14-33-15-13-30/h2-7,16,32H,1,8-15,17-19H2. The van der Waals surface area contributed by atoms with Crippen LogP contribution in [0, 0.1) is 0 Å². The quantitative estimate of drug-likeness (QED) is 0.564. The van der Waals surface area contributed by atoms with Crippen LogP contribution in [-0.2, 0) is 16.1 Å². The van der Waals surface area contributed by atoms with E-state index in [-0.39, 0.29) is 19.1 Å². The molecule has 2 heterocycles. The summed E-state index contributed by atoms with van der Waals surface area (Å²) in [6, 6.07) is 13.0. The van der Waals surface area contributed by atoms with Crippen LogP contribution in [0.5, 0.6) is 11.5 Å². The van der Waals surface area contributed by atoms with Gasteiger partial charge in [0.2, 0.25) is 0 Å². The van der Waals surface area contributed by atoms with Crippen molar-refractivity contribution >= 4 is 29.1 Å². The Morgan fingerprint density at radius 3 is 2.43 bits per heavy atom. The average molecular weight is 523 g/mol. The molecule has 2 aromatic carbocycles. The van der Waals surface area contributed by atoms with E-state index in [0.29, 0.717) is 60.7 Å². The van der Waals surface area contributed by atoms with Crippen molar-refractivity contribution in [1.29, 1.82) is 0 Å². The number of carbonyl (C=O) groups is 1. The van der Waals surface area contributed by atoms with Crippen molar-refractivity contribution < 1.29 is 24.1 Å². The summed E-state index contributed by atoms with van der Waals surface area (Å²) in [6.45, 7) is 5.12. The zero-order chi connectivity index (χ0) is 24.7. The first-order valence-electron chi connectivity index (χ1n) is 12.0. The number of nitrogens with zero attached hydrogens (tertiary/aromatic N) is 2. The molecule has 0 spiro atoms. The first kappa shape index (κ1) is 26.0. The SMILES string of the molecule is O=C(COc1ccc(CN2CCCC(O)(COc3ccc(Cl)c(Cl)c3)CC2)cc1)N1CCOCC1. The van der Waals surface area contributed by atoms with Crippen LogP contribution in [0.2, 0.25) is 10.0 Å². The molecule has 2 saturated heterocycles. The smallest absolute Gasteiger partial charge is 0.260 e. The van der Waals surface area contributed by atoms with Gasteiger partial charge in [-0.15, -0.1) is 0 Å². The van der Waals surface area contributed by atoms with Gasteiger partial charge >= 0.3 is 0 Å². The predicted molar refractivity (Wildman–Crippen MR) is 135 cm³/mol. The molecule has 1 amide bonds. The highest BCUT2D eigenvalue weighted by molar-refractivity contribution is 6.42. The number of benzene rings is 2. The maximum absolute atomic E-state index is 12.2. The monoisotopic (exact) mass is 522 g/mol. The number of hydrogen-bond donors (Lipinski definition) is 1. The number of ether oxygens (including phenoxy) is 3. The van der Waals surface area contributed by atoms with Gasteiger partial charge in [0.05, 0.1) is 28.9 Å². The number of amides is 1. The van der Waals surface area contributed by atoms with Crippen LogP contribution in [0.15, 0.2) is 42.5 Å². The Balaban J connectivity index is 1.22. The molecule has 1 N–H and O–H groups in total. The molecule has 0 saturated carbocycles. The predicted octanol–water partition coefficient (Wildman–Crippen LogP) is 4.03. The molecule has 0 bridgehead atoms. The van der Waals surface area contributed by atoms with Crippen molar-refractivity contribution in [2.45, 2.75) is 31.4 Å². The lowest BCUT2D eigenvalue weighted by Gasteiger charge is -2.27. The van der Waals surface area contributed by atoms with Crippen molar-refractivity contribution in [3.63, 3.8) is 0 Å². The van der Waals surface area contributed by atoms with Crippen LogP contribution in [0.1, 0.15) is 24.8 Å². The molecule has 9 heteroatoms. The van der Waals surface area contributed by atoms with E-state index in [4.69, 9.17) is 37.4 Å². The molecule has 2 aromatic rings. The van der Waals surface area contributed by atoms with Crippen molar-refractivity contribution in [1.82, 2.24) is 9.80 Å². The first-order valence-corrected chi connectivity index (χ1v) is 12.8. The molecular formula is C26H32Cl2N2O5. The normalized spacial score (nSPS) is 21.4. The van der Waals surface area contributed by atoms with Crippen molar-refractivity contribution in [3.8, 4) is 11.5 Å². The van der Waals surface area contributed by atoms with Gasteiger partial charge in [0.15, 0.2) is 6.61 Å². The van der Waals surface area contributed by atoms with E-state index in [0.717, 1.165) is 31.6 Å². The second-order valence-corrected chi connectivity index (χ2v) is 9.96. The minimum absolute atomic E-state index is 0.0161. The molecule has 190 valence electrons. The molecule has 0 aromatic heterocycles. The van der Waals surface area contributed by atoms with Crippen molar-refractivity contribution in [2.75, 3.05) is 52.6 Å². The number of hydrogen-bond acceptors (Lipinski definition) is 6. The molecule has 1 unspecified atom stereocenters. The molecule has 2 aliphatic rings. The Morgan fingerprint density at radius 2 is 1.69 bits per heavy atom. The van der Waals surface area contributed by atoms with Crippen molar-refractivity contribution in [3.05, 3.63) is 58.1 Å². The molecule has 2 fully saturated rings. The lowest BCUT2D eigenvalue weighted by Crippen LogP contribution is -2.42. The van der Waals surface area contributed by atoms with Crippen LogP contribution in [0.25, 0.3) is 0 Å². The van der Waals surface area contributed by atoms with Crippen LogP contribution in [0.3, 0.4) is 0 Å². The summed E-state index contributed by atoms with van der Waals surface area (Å²) < 4.78 is 16.8. The van der Waals surface area contributed by atoms with E-state index in [1.165, 1.54) is 0 Å². The molecule has 35 heavy (non-hydrogen) atoms. The Bertz CT molecular complexity index is 984. The van der Waals surface area contributed by atoms with E-state index in [1.54, 1.807) is 23.1 Å². The number of carbonyl (C=O) groups excluding carboxylic acids is 1. The average Bonchev–Trinajstić information content (AvgIpc) is 3.06. The summed E-state index contributed by atoms with van der Waals surface area (Å²) in [6.07, 6.45) is 2.18. The zero-order valence-corrected chi connectivity index (χ0v) is 21.3. The van der Waals surface area contributed by atoms with Gasteiger partial charge in [-0.3, -0.25) is 9.69 Å². The second-order valence-electron chi connectivity index (χ2n) is 9.14. The molecule has 2 aliphatic heterocycles. The molecule has 7 nitrogen and oxygen atoms in total. The Morgan fingerprint density at radius 1 is 0.943 bits per heavy atom. The zero-order valence-electron chi connectivity index (χ0n) is 19.8. The largest absolute Gasteiger partial charge is 0.491 e. The fourth-order valence-corrected chi connectivity index (χ4v) is 4.61. The highest BCUT2D eigenvalue weighted by atomic mass is 35.5. The topological polar surface area (TPSA) is 71.5 Å². The molecule has 4 rings (SSSR count). The van der Waals surface area contributed by atoms with Gasteiger partial charge in [0.1, 0.15) is 18.1 Å². The molecule has 0 aliphatic carbocycles. The second kappa shape index (κ2) is 12.3. The minimum atomic E-state index is -0.883. The number of likely N-dealkylation sites (tertiary alicyclic amines) is 1. The van der Waals surface area contributed by atoms with Gasteiger partial charge in [-0.1, -0.05) is 35.3 Å². The van der Waals surface area contributed by atoms with Gasteiger partial charge in [0.25, 0.3) is 5.91 Å². The van der Waals surface area contributed by atoms with Gasteiger partial charge < -0.3 is 24.2 Å². The first-order chi connectivity index (χ1) is 16.9. The molecule has 0 radical (unpaired) electrons. The molecular weight excluding hydrogens is 491 g/mol. The minimum Gasteiger partial charge on any atom is -0.491 e. The van der Waals surface area contributed by atoms with Gasteiger partial charge in [0, 0.05) is 32.2 Å². The van der Waals surface area contributed by atoms with E-state index in [9.17, 15) is 9.90 Å². The van der Waals surface area contributed by atoms with E-state index in [2.05, 4.69) is 4.90 Å². The third kappa shape index (κ3) is 7.72. The van der Waals surface area contributed by atoms with E-state index >= 15 is 0 Å². The summed E-state index contributed by atoms with van der Waals surface area (Å²) in [5, 5.41) is 12.0. The van der Waals surface area contributed by atoms with Crippen LogP contribution >= 0.6 is 23.2 Å². The van der Waals surface area contributed by atoms with Crippen LogP contribution < -0.4 is 9.47 Å². The number of aliphatic hydroxyl groups is 1. The third-order valence-electron chi connectivity index (χ3n) is 6.46. The molecule has 1 atom stereocenters. The third-order valence-corrected chi connectivity index (χ3v) is 7.20.